The molecule has 0 N–H and O–H groups in total. The largest absolute Gasteiger partial charge is 1.00 e. The fourth-order valence-electron chi connectivity index (χ4n) is 0.828. The SMILES string of the molecule is C#CCOc1ccc(S(=O)(=O)[O-])cc1.[Na+]. The minimum absolute atomic E-state index is 0. The van der Waals surface area contributed by atoms with Crippen LogP contribution in [-0.2, 0) is 10.1 Å². The van der Waals surface area contributed by atoms with E-state index >= 15 is 0 Å². The van der Waals surface area contributed by atoms with Gasteiger partial charge in [0.1, 0.15) is 22.5 Å². The van der Waals surface area contributed by atoms with Crippen molar-refractivity contribution >= 4 is 10.1 Å². The van der Waals surface area contributed by atoms with Crippen LogP contribution in [0, 0.1) is 12.3 Å². The maximum Gasteiger partial charge on any atom is 1.00 e. The second-order valence-electron chi connectivity index (χ2n) is 2.42. The quantitative estimate of drug-likeness (QED) is 0.332. The molecule has 0 amide bonds. The molecule has 4 nitrogen and oxygen atoms in total. The van der Waals surface area contributed by atoms with Gasteiger partial charge < -0.3 is 9.29 Å². The third-order valence-electron chi connectivity index (χ3n) is 1.43. The monoisotopic (exact) mass is 234 g/mol. The molecule has 0 saturated heterocycles. The van der Waals surface area contributed by atoms with Gasteiger partial charge in [-0.3, -0.25) is 0 Å². The van der Waals surface area contributed by atoms with E-state index in [-0.39, 0.29) is 41.1 Å². The maximum absolute atomic E-state index is 10.5. The summed E-state index contributed by atoms with van der Waals surface area (Å²) >= 11 is 0. The van der Waals surface area contributed by atoms with Crippen LogP contribution in [0.15, 0.2) is 29.2 Å². The molecule has 15 heavy (non-hydrogen) atoms. The van der Waals surface area contributed by atoms with Crippen LogP contribution < -0.4 is 34.3 Å². The predicted molar refractivity (Wildman–Crippen MR) is 48.7 cm³/mol. The molecule has 0 fully saturated rings. The van der Waals surface area contributed by atoms with Gasteiger partial charge in [-0.25, -0.2) is 8.42 Å². The smallest absolute Gasteiger partial charge is 0.744 e. The summed E-state index contributed by atoms with van der Waals surface area (Å²) in [7, 11) is -4.39. The summed E-state index contributed by atoms with van der Waals surface area (Å²) < 4.78 is 36.6. The molecule has 74 valence electrons. The molecule has 0 spiro atoms. The molecule has 0 atom stereocenters. The first-order valence-electron chi connectivity index (χ1n) is 3.66. The minimum atomic E-state index is -4.39. The standard InChI is InChI=1S/C9H8O4S.Na/c1-2-7-13-8-3-5-9(6-4-8)14(10,11)12;/h1,3-6H,7H2,(H,10,11,12);/q;+1/p-1. The third-order valence-corrected chi connectivity index (χ3v) is 2.28. The van der Waals surface area contributed by atoms with Gasteiger partial charge in [0.2, 0.25) is 0 Å². The van der Waals surface area contributed by atoms with E-state index in [2.05, 4.69) is 5.92 Å². The first-order valence-corrected chi connectivity index (χ1v) is 5.07. The second kappa shape index (κ2) is 6.16. The Bertz CT molecular complexity index is 444. The van der Waals surface area contributed by atoms with Crippen molar-refractivity contribution in [2.24, 2.45) is 0 Å². The molecule has 0 aromatic heterocycles. The summed E-state index contributed by atoms with van der Waals surface area (Å²) in [6.45, 7) is 0.101. The van der Waals surface area contributed by atoms with E-state index in [0.717, 1.165) is 0 Å². The van der Waals surface area contributed by atoms with Crippen molar-refractivity contribution in [2.75, 3.05) is 6.61 Å². The van der Waals surface area contributed by atoms with Crippen LogP contribution >= 0.6 is 0 Å². The van der Waals surface area contributed by atoms with Gasteiger partial charge in [0.25, 0.3) is 0 Å². The van der Waals surface area contributed by atoms with Crippen LogP contribution in [0.1, 0.15) is 0 Å². The number of terminal acetylenes is 1. The normalized spacial score (nSPS) is 9.87. The molecule has 6 heteroatoms. The number of hydrogen-bond acceptors (Lipinski definition) is 4. The van der Waals surface area contributed by atoms with Gasteiger partial charge >= 0.3 is 29.6 Å². The second-order valence-corrected chi connectivity index (χ2v) is 3.80. The van der Waals surface area contributed by atoms with E-state index < -0.39 is 10.1 Å². The van der Waals surface area contributed by atoms with Gasteiger partial charge in [-0.2, -0.15) is 0 Å². The van der Waals surface area contributed by atoms with E-state index in [1.807, 2.05) is 0 Å². The molecule has 0 bridgehead atoms. The minimum Gasteiger partial charge on any atom is -0.744 e. The number of ether oxygens (including phenoxy) is 1. The Hall–Kier alpha value is -0.510. The van der Waals surface area contributed by atoms with Gasteiger partial charge in [-0.1, -0.05) is 5.92 Å². The van der Waals surface area contributed by atoms with Gasteiger partial charge in [0.05, 0.1) is 4.90 Å². The molecule has 0 heterocycles. The fourth-order valence-corrected chi connectivity index (χ4v) is 1.30. The van der Waals surface area contributed by atoms with Crippen molar-refractivity contribution in [3.8, 4) is 18.1 Å². The fraction of sp³-hybridized carbons (Fsp3) is 0.111. The molecule has 0 radical (unpaired) electrons. The zero-order chi connectivity index (χ0) is 10.6. The first kappa shape index (κ1) is 14.5. The summed E-state index contributed by atoms with van der Waals surface area (Å²) in [6.07, 6.45) is 4.95. The average molecular weight is 234 g/mol. The van der Waals surface area contributed by atoms with E-state index in [4.69, 9.17) is 11.2 Å². The number of rotatable bonds is 3. The van der Waals surface area contributed by atoms with Gasteiger partial charge in [0, 0.05) is 0 Å². The molecule has 0 saturated carbocycles. The summed E-state index contributed by atoms with van der Waals surface area (Å²) in [5.41, 5.74) is 0. The molecule has 0 unspecified atom stereocenters. The van der Waals surface area contributed by atoms with Crippen LogP contribution in [0.2, 0.25) is 0 Å². The van der Waals surface area contributed by atoms with Crippen molar-refractivity contribution in [2.45, 2.75) is 4.90 Å². The summed E-state index contributed by atoms with van der Waals surface area (Å²) in [5.74, 6) is 2.69. The molecule has 0 aliphatic heterocycles. The van der Waals surface area contributed by atoms with Gasteiger partial charge in [0.15, 0.2) is 0 Å². The van der Waals surface area contributed by atoms with Crippen LogP contribution in [0.3, 0.4) is 0 Å². The Morgan fingerprint density at radius 1 is 1.33 bits per heavy atom. The molecule has 0 aliphatic rings. The molecule has 1 aromatic rings. The Morgan fingerprint density at radius 2 is 1.87 bits per heavy atom. The van der Waals surface area contributed by atoms with Crippen molar-refractivity contribution in [3.63, 3.8) is 0 Å². The number of benzene rings is 1. The molecule has 1 rings (SSSR count). The van der Waals surface area contributed by atoms with E-state index in [0.29, 0.717) is 5.75 Å². The molecular weight excluding hydrogens is 227 g/mol. The molecular formula is C9H7NaO4S. The summed E-state index contributed by atoms with van der Waals surface area (Å²) in [5, 5.41) is 0. The predicted octanol–water partition coefficient (Wildman–Crippen LogP) is -2.39. The molecule has 1 aromatic carbocycles. The van der Waals surface area contributed by atoms with Crippen LogP contribution in [0.4, 0.5) is 0 Å². The Kier molecular flexibility index (Phi) is 5.95. The zero-order valence-corrected chi connectivity index (χ0v) is 11.0. The van der Waals surface area contributed by atoms with E-state index in [1.54, 1.807) is 0 Å². The third kappa shape index (κ3) is 4.69. The summed E-state index contributed by atoms with van der Waals surface area (Å²) in [6, 6.07) is 5.10. The number of hydrogen-bond donors (Lipinski definition) is 0. The van der Waals surface area contributed by atoms with E-state index in [1.165, 1.54) is 24.3 Å². The Labute approximate surface area is 111 Å². The van der Waals surface area contributed by atoms with Gasteiger partial charge in [-0.05, 0) is 24.3 Å². The van der Waals surface area contributed by atoms with Crippen molar-refractivity contribution in [3.05, 3.63) is 24.3 Å². The Morgan fingerprint density at radius 3 is 2.27 bits per heavy atom. The van der Waals surface area contributed by atoms with Crippen molar-refractivity contribution in [1.29, 1.82) is 0 Å². The van der Waals surface area contributed by atoms with Crippen molar-refractivity contribution in [1.82, 2.24) is 0 Å². The zero-order valence-electron chi connectivity index (χ0n) is 8.14. The molecule has 0 aliphatic carbocycles. The summed E-state index contributed by atoms with van der Waals surface area (Å²) in [4.78, 5) is -0.287. The Balaban J connectivity index is 0.00000196. The average Bonchev–Trinajstić information content (AvgIpc) is 2.14. The van der Waals surface area contributed by atoms with Crippen LogP contribution in [0.5, 0.6) is 5.75 Å². The first-order chi connectivity index (χ1) is 6.54. The van der Waals surface area contributed by atoms with E-state index in [9.17, 15) is 13.0 Å². The van der Waals surface area contributed by atoms with Crippen LogP contribution in [-0.4, -0.2) is 19.6 Å². The van der Waals surface area contributed by atoms with Crippen LogP contribution in [0.25, 0.3) is 0 Å². The van der Waals surface area contributed by atoms with Crippen molar-refractivity contribution < 1.29 is 47.3 Å². The van der Waals surface area contributed by atoms with Gasteiger partial charge in [-0.15, -0.1) is 6.42 Å². The topological polar surface area (TPSA) is 66.4 Å². The maximum atomic E-state index is 10.5.